The van der Waals surface area contributed by atoms with Gasteiger partial charge in [-0.15, -0.1) is 0 Å². The molecule has 23 heavy (non-hydrogen) atoms. The summed E-state index contributed by atoms with van der Waals surface area (Å²) in [6.45, 7) is 4.81. The van der Waals surface area contributed by atoms with Gasteiger partial charge in [-0.25, -0.2) is 8.42 Å². The van der Waals surface area contributed by atoms with E-state index in [0.717, 1.165) is 22.7 Å². The van der Waals surface area contributed by atoms with Crippen LogP contribution in [0.3, 0.4) is 0 Å². The van der Waals surface area contributed by atoms with Crippen molar-refractivity contribution < 1.29 is 13.2 Å². The van der Waals surface area contributed by atoms with Crippen LogP contribution >= 0.6 is 0 Å². The van der Waals surface area contributed by atoms with Crippen LogP contribution in [-0.4, -0.2) is 31.2 Å². The van der Waals surface area contributed by atoms with Gasteiger partial charge >= 0.3 is 0 Å². The molecule has 1 aliphatic rings. The van der Waals surface area contributed by atoms with Crippen LogP contribution in [0.25, 0.3) is 0 Å². The molecule has 1 aromatic carbocycles. The number of carbonyl (C=O) groups excluding carboxylic acids is 1. The van der Waals surface area contributed by atoms with Gasteiger partial charge in [-0.1, -0.05) is 6.07 Å². The molecular weight excluding hydrogens is 314 g/mol. The molecule has 0 aromatic heterocycles. The van der Waals surface area contributed by atoms with Gasteiger partial charge in [0.05, 0.1) is 11.0 Å². The SMILES string of the molecule is CC(=O)Nc1cc(S(=O)(=O)N(C)C(C)(C#N)C2CC2)ccc1C. The van der Waals surface area contributed by atoms with Crippen LogP contribution in [0.1, 0.15) is 32.3 Å². The molecule has 124 valence electrons. The standard InChI is InChI=1S/C16H21N3O3S/c1-11-5-8-14(9-15(11)18-12(2)20)23(21,22)19(4)16(3,10-17)13-6-7-13/h5,8-9,13H,6-7H2,1-4H3,(H,18,20). The van der Waals surface area contributed by atoms with Crippen LogP contribution in [0.15, 0.2) is 23.1 Å². The maximum absolute atomic E-state index is 12.9. The van der Waals surface area contributed by atoms with Crippen LogP contribution < -0.4 is 5.32 Å². The maximum atomic E-state index is 12.9. The molecule has 1 aliphatic carbocycles. The zero-order valence-electron chi connectivity index (χ0n) is 13.8. The lowest BCUT2D eigenvalue weighted by atomic mass is 9.99. The Morgan fingerprint density at radius 3 is 2.52 bits per heavy atom. The van der Waals surface area contributed by atoms with Gasteiger partial charge in [0.25, 0.3) is 0 Å². The molecule has 1 N–H and O–H groups in total. The zero-order valence-corrected chi connectivity index (χ0v) is 14.6. The third-order valence-corrected chi connectivity index (χ3v) is 6.38. The average Bonchev–Trinajstić information content (AvgIpc) is 3.32. The number of nitrogens with zero attached hydrogens (tertiary/aromatic N) is 2. The number of rotatable bonds is 5. The van der Waals surface area contributed by atoms with Crippen molar-refractivity contribution in [3.63, 3.8) is 0 Å². The predicted octanol–water partition coefficient (Wildman–Crippen LogP) is 2.27. The van der Waals surface area contributed by atoms with E-state index >= 15 is 0 Å². The van der Waals surface area contributed by atoms with E-state index in [1.54, 1.807) is 19.9 Å². The number of hydrogen-bond acceptors (Lipinski definition) is 4. The molecule has 0 saturated heterocycles. The first-order valence-electron chi connectivity index (χ1n) is 7.41. The number of anilines is 1. The molecule has 1 aromatic rings. The van der Waals surface area contributed by atoms with Crippen molar-refractivity contribution in [3.05, 3.63) is 23.8 Å². The van der Waals surface area contributed by atoms with E-state index in [0.29, 0.717) is 5.69 Å². The number of nitrogens with one attached hydrogen (secondary N) is 1. The fourth-order valence-corrected chi connectivity index (χ4v) is 4.07. The number of aryl methyl sites for hydroxylation is 1. The van der Waals surface area contributed by atoms with E-state index in [9.17, 15) is 18.5 Å². The molecule has 7 heteroatoms. The Balaban J connectivity index is 2.43. The number of amides is 1. The van der Waals surface area contributed by atoms with Gasteiger partial charge in [-0.3, -0.25) is 4.79 Å². The van der Waals surface area contributed by atoms with E-state index in [2.05, 4.69) is 11.4 Å². The minimum absolute atomic E-state index is 0.0625. The first kappa shape index (κ1) is 17.4. The van der Waals surface area contributed by atoms with Crippen molar-refractivity contribution >= 4 is 21.6 Å². The van der Waals surface area contributed by atoms with Gasteiger partial charge in [-0.05, 0) is 50.3 Å². The number of hydrogen-bond donors (Lipinski definition) is 1. The Kier molecular flexibility index (Phi) is 4.51. The molecule has 1 saturated carbocycles. The summed E-state index contributed by atoms with van der Waals surface area (Å²) in [6, 6.07) is 6.73. The van der Waals surface area contributed by atoms with Crippen molar-refractivity contribution in [1.82, 2.24) is 4.31 Å². The average molecular weight is 335 g/mol. The largest absolute Gasteiger partial charge is 0.326 e. The summed E-state index contributed by atoms with van der Waals surface area (Å²) in [5, 5.41) is 12.1. The Bertz CT molecular complexity index is 778. The lowest BCUT2D eigenvalue weighted by Crippen LogP contribution is -2.47. The second kappa shape index (κ2) is 5.95. The van der Waals surface area contributed by atoms with Crippen LogP contribution in [0.2, 0.25) is 0 Å². The summed E-state index contributed by atoms with van der Waals surface area (Å²) in [7, 11) is -2.39. The highest BCUT2D eigenvalue weighted by atomic mass is 32.2. The zero-order chi connectivity index (χ0) is 17.4. The summed E-state index contributed by atoms with van der Waals surface area (Å²) in [6.07, 6.45) is 1.71. The maximum Gasteiger partial charge on any atom is 0.244 e. The molecule has 1 fully saturated rings. The summed E-state index contributed by atoms with van der Waals surface area (Å²) in [4.78, 5) is 11.3. The van der Waals surface area contributed by atoms with Crippen molar-refractivity contribution in [2.75, 3.05) is 12.4 Å². The fraction of sp³-hybridized carbons (Fsp3) is 0.500. The Morgan fingerprint density at radius 2 is 2.04 bits per heavy atom. The molecule has 0 aliphatic heterocycles. The van der Waals surface area contributed by atoms with E-state index in [4.69, 9.17) is 0 Å². The van der Waals surface area contributed by atoms with Crippen molar-refractivity contribution in [2.45, 2.75) is 44.0 Å². The van der Waals surface area contributed by atoms with Crippen LogP contribution in [0, 0.1) is 24.2 Å². The number of sulfonamides is 1. The third kappa shape index (κ3) is 3.23. The molecule has 0 radical (unpaired) electrons. The van der Waals surface area contributed by atoms with E-state index in [-0.39, 0.29) is 16.7 Å². The number of benzene rings is 1. The Morgan fingerprint density at radius 1 is 1.43 bits per heavy atom. The highest BCUT2D eigenvalue weighted by Crippen LogP contribution is 2.44. The highest BCUT2D eigenvalue weighted by molar-refractivity contribution is 7.89. The van der Waals surface area contributed by atoms with E-state index in [1.165, 1.54) is 26.1 Å². The van der Waals surface area contributed by atoms with Crippen molar-refractivity contribution in [1.29, 1.82) is 5.26 Å². The minimum Gasteiger partial charge on any atom is -0.326 e. The number of carbonyl (C=O) groups is 1. The predicted molar refractivity (Wildman–Crippen MR) is 87.2 cm³/mol. The van der Waals surface area contributed by atoms with Gasteiger partial charge in [0.15, 0.2) is 0 Å². The van der Waals surface area contributed by atoms with Crippen LogP contribution in [0.5, 0.6) is 0 Å². The second-order valence-electron chi connectivity index (χ2n) is 6.16. The van der Waals surface area contributed by atoms with Crippen molar-refractivity contribution in [3.8, 4) is 6.07 Å². The molecule has 6 nitrogen and oxygen atoms in total. The Hall–Kier alpha value is -1.91. The molecule has 1 amide bonds. The lowest BCUT2D eigenvalue weighted by molar-refractivity contribution is -0.114. The monoisotopic (exact) mass is 335 g/mol. The molecule has 0 bridgehead atoms. The topological polar surface area (TPSA) is 90.3 Å². The van der Waals surface area contributed by atoms with Gasteiger partial charge in [0, 0.05) is 19.7 Å². The van der Waals surface area contributed by atoms with E-state index in [1.807, 2.05) is 0 Å². The normalized spacial score (nSPS) is 17.4. The molecule has 1 unspecified atom stereocenters. The van der Waals surface area contributed by atoms with Gasteiger partial charge in [0.2, 0.25) is 15.9 Å². The summed E-state index contributed by atoms with van der Waals surface area (Å²) >= 11 is 0. The van der Waals surface area contributed by atoms with Gasteiger partial charge in [-0.2, -0.15) is 9.57 Å². The highest BCUT2D eigenvalue weighted by Gasteiger charge is 2.49. The molecule has 0 heterocycles. The first-order valence-corrected chi connectivity index (χ1v) is 8.85. The molecule has 0 spiro atoms. The summed E-state index contributed by atoms with van der Waals surface area (Å²) < 4.78 is 26.9. The lowest BCUT2D eigenvalue weighted by Gasteiger charge is -2.32. The summed E-state index contributed by atoms with van der Waals surface area (Å²) in [5.74, 6) is -0.205. The van der Waals surface area contributed by atoms with E-state index < -0.39 is 15.6 Å². The quantitative estimate of drug-likeness (QED) is 0.893. The number of nitriles is 1. The third-order valence-electron chi connectivity index (χ3n) is 4.43. The van der Waals surface area contributed by atoms with Crippen LogP contribution in [-0.2, 0) is 14.8 Å². The van der Waals surface area contributed by atoms with Gasteiger partial charge < -0.3 is 5.32 Å². The minimum atomic E-state index is -3.83. The second-order valence-corrected chi connectivity index (χ2v) is 8.13. The van der Waals surface area contributed by atoms with Crippen molar-refractivity contribution in [2.24, 2.45) is 5.92 Å². The molecule has 2 rings (SSSR count). The summed E-state index contributed by atoms with van der Waals surface area (Å²) in [5.41, 5.74) is 0.168. The fourth-order valence-electron chi connectivity index (χ4n) is 2.56. The van der Waals surface area contributed by atoms with Crippen LogP contribution in [0.4, 0.5) is 5.69 Å². The smallest absolute Gasteiger partial charge is 0.244 e. The first-order chi connectivity index (χ1) is 10.6. The molecule has 1 atom stereocenters. The molecular formula is C16H21N3O3S. The van der Waals surface area contributed by atoms with Gasteiger partial charge in [0.1, 0.15) is 5.54 Å². The Labute approximate surface area is 137 Å².